The van der Waals surface area contributed by atoms with Crippen molar-refractivity contribution in [2.45, 2.75) is 6.92 Å². The Hall–Kier alpha value is -2.53. The number of anilines is 2. The van der Waals surface area contributed by atoms with Gasteiger partial charge in [0.25, 0.3) is 0 Å². The van der Waals surface area contributed by atoms with Crippen molar-refractivity contribution < 1.29 is 13.9 Å². The summed E-state index contributed by atoms with van der Waals surface area (Å²) in [7, 11) is 0. The van der Waals surface area contributed by atoms with Crippen molar-refractivity contribution in [3.05, 3.63) is 65.5 Å². The summed E-state index contributed by atoms with van der Waals surface area (Å²) in [6.07, 6.45) is 0. The first-order valence-electron chi connectivity index (χ1n) is 7.30. The average molecular weight is 349 g/mol. The lowest BCUT2D eigenvalue weighted by molar-refractivity contribution is -0.114. The Balaban J connectivity index is 1.88. The van der Waals surface area contributed by atoms with E-state index in [9.17, 15) is 9.18 Å². The highest BCUT2D eigenvalue weighted by Crippen LogP contribution is 2.20. The number of carbonyl (C=O) groups excluding carboxylic acids is 1. The van der Waals surface area contributed by atoms with Crippen LogP contribution in [-0.4, -0.2) is 19.1 Å². The van der Waals surface area contributed by atoms with Gasteiger partial charge in [0.15, 0.2) is 0 Å². The van der Waals surface area contributed by atoms with Gasteiger partial charge in [-0.05, 0) is 42.8 Å². The van der Waals surface area contributed by atoms with Crippen molar-refractivity contribution in [3.63, 3.8) is 0 Å². The molecule has 0 aromatic heterocycles. The third-order valence-corrected chi connectivity index (χ3v) is 3.27. The van der Waals surface area contributed by atoms with Gasteiger partial charge in [0.05, 0.1) is 11.6 Å². The molecule has 4 nitrogen and oxygen atoms in total. The zero-order chi connectivity index (χ0) is 17.5. The summed E-state index contributed by atoms with van der Waals surface area (Å²) < 4.78 is 18.6. The smallest absolute Gasteiger partial charge is 0.243 e. The van der Waals surface area contributed by atoms with Crippen molar-refractivity contribution >= 4 is 28.9 Å². The number of benzene rings is 2. The van der Waals surface area contributed by atoms with Crippen LogP contribution in [0, 0.1) is 5.82 Å². The van der Waals surface area contributed by atoms with E-state index in [4.69, 9.17) is 16.3 Å². The minimum atomic E-state index is -0.528. The van der Waals surface area contributed by atoms with Crippen molar-refractivity contribution in [3.8, 4) is 5.75 Å². The van der Waals surface area contributed by atoms with Gasteiger partial charge in [0.2, 0.25) is 5.91 Å². The Labute approximate surface area is 145 Å². The molecule has 2 rings (SSSR count). The summed E-state index contributed by atoms with van der Waals surface area (Å²) in [6, 6.07) is 11.3. The molecule has 6 heteroatoms. The maximum absolute atomic E-state index is 13.1. The Morgan fingerprint density at radius 2 is 2.04 bits per heavy atom. The van der Waals surface area contributed by atoms with Crippen LogP contribution in [0.1, 0.15) is 6.92 Å². The molecule has 2 N–H and O–H groups in total. The van der Waals surface area contributed by atoms with Crippen LogP contribution in [0.3, 0.4) is 0 Å². The topological polar surface area (TPSA) is 50.4 Å². The zero-order valence-corrected chi connectivity index (χ0v) is 14.0. The predicted molar refractivity (Wildman–Crippen MR) is 95.3 cm³/mol. The SMILES string of the molecule is C=C(C)COc1cccc(NCC(=O)Nc2ccc(F)c(Cl)c2)c1. The van der Waals surface area contributed by atoms with Gasteiger partial charge in [-0.15, -0.1) is 0 Å². The Kier molecular flexibility index (Phi) is 6.21. The molecule has 0 unspecified atom stereocenters. The quantitative estimate of drug-likeness (QED) is 0.725. The molecule has 2 aromatic carbocycles. The predicted octanol–water partition coefficient (Wildman–Crippen LogP) is 4.48. The zero-order valence-electron chi connectivity index (χ0n) is 13.2. The molecule has 0 radical (unpaired) electrons. The first-order valence-corrected chi connectivity index (χ1v) is 7.68. The highest BCUT2D eigenvalue weighted by Gasteiger charge is 2.06. The summed E-state index contributed by atoms with van der Waals surface area (Å²) >= 11 is 5.68. The van der Waals surface area contributed by atoms with E-state index in [1.165, 1.54) is 18.2 Å². The maximum atomic E-state index is 13.1. The lowest BCUT2D eigenvalue weighted by Crippen LogP contribution is -2.21. The van der Waals surface area contributed by atoms with Gasteiger partial charge in [-0.25, -0.2) is 4.39 Å². The Morgan fingerprint density at radius 3 is 2.75 bits per heavy atom. The lowest BCUT2D eigenvalue weighted by Gasteiger charge is -2.10. The molecule has 1 amide bonds. The highest BCUT2D eigenvalue weighted by molar-refractivity contribution is 6.31. The van der Waals surface area contributed by atoms with E-state index < -0.39 is 5.82 Å². The van der Waals surface area contributed by atoms with E-state index >= 15 is 0 Å². The van der Waals surface area contributed by atoms with E-state index in [0.29, 0.717) is 18.0 Å². The van der Waals surface area contributed by atoms with Crippen LogP contribution in [0.4, 0.5) is 15.8 Å². The molecule has 0 saturated carbocycles. The van der Waals surface area contributed by atoms with Crippen LogP contribution in [-0.2, 0) is 4.79 Å². The van der Waals surface area contributed by atoms with Gasteiger partial charge >= 0.3 is 0 Å². The fraction of sp³-hybridized carbons (Fsp3) is 0.167. The largest absolute Gasteiger partial charge is 0.489 e. The molecule has 0 heterocycles. The molecule has 0 aliphatic carbocycles. The number of nitrogens with one attached hydrogen (secondary N) is 2. The number of hydrogen-bond acceptors (Lipinski definition) is 3. The van der Waals surface area contributed by atoms with Crippen LogP contribution in [0.15, 0.2) is 54.6 Å². The second-order valence-electron chi connectivity index (χ2n) is 5.30. The van der Waals surface area contributed by atoms with E-state index in [1.807, 2.05) is 25.1 Å². The Bertz CT molecular complexity index is 750. The number of halogens is 2. The summed E-state index contributed by atoms with van der Waals surface area (Å²) in [5, 5.41) is 5.60. The minimum Gasteiger partial charge on any atom is -0.489 e. The van der Waals surface area contributed by atoms with Gasteiger partial charge in [-0.2, -0.15) is 0 Å². The van der Waals surface area contributed by atoms with Gasteiger partial charge in [-0.1, -0.05) is 24.2 Å². The molecule has 2 aromatic rings. The van der Waals surface area contributed by atoms with Crippen LogP contribution >= 0.6 is 11.6 Å². The average Bonchev–Trinajstić information content (AvgIpc) is 2.55. The van der Waals surface area contributed by atoms with E-state index in [-0.39, 0.29) is 17.5 Å². The number of rotatable bonds is 7. The van der Waals surface area contributed by atoms with Crippen LogP contribution < -0.4 is 15.4 Å². The van der Waals surface area contributed by atoms with E-state index in [0.717, 1.165) is 11.3 Å². The summed E-state index contributed by atoms with van der Waals surface area (Å²) in [4.78, 5) is 11.9. The number of hydrogen-bond donors (Lipinski definition) is 2. The second-order valence-corrected chi connectivity index (χ2v) is 5.71. The monoisotopic (exact) mass is 348 g/mol. The molecule has 0 aliphatic heterocycles. The van der Waals surface area contributed by atoms with Gasteiger partial charge < -0.3 is 15.4 Å². The molecule has 0 saturated heterocycles. The van der Waals surface area contributed by atoms with Crippen molar-refractivity contribution in [2.75, 3.05) is 23.8 Å². The first kappa shape index (κ1) is 17.8. The van der Waals surface area contributed by atoms with Gasteiger partial charge in [0.1, 0.15) is 18.2 Å². The third-order valence-electron chi connectivity index (χ3n) is 2.98. The summed E-state index contributed by atoms with van der Waals surface area (Å²) in [6.45, 7) is 6.15. The number of amides is 1. The van der Waals surface area contributed by atoms with Crippen LogP contribution in [0.2, 0.25) is 5.02 Å². The molecule has 0 fully saturated rings. The standard InChI is InChI=1S/C18H18ClFN2O2/c1-12(2)11-24-15-5-3-4-13(8-15)21-10-18(23)22-14-6-7-17(20)16(19)9-14/h3-9,21H,1,10-11H2,2H3,(H,22,23). The molecule has 126 valence electrons. The van der Waals surface area contributed by atoms with Crippen LogP contribution in [0.25, 0.3) is 0 Å². The lowest BCUT2D eigenvalue weighted by atomic mass is 10.3. The Morgan fingerprint density at radius 1 is 1.25 bits per heavy atom. The van der Waals surface area contributed by atoms with Gasteiger partial charge in [0, 0.05) is 17.4 Å². The molecule has 0 bridgehead atoms. The molecule has 0 atom stereocenters. The molecular formula is C18H18ClFN2O2. The van der Waals surface area contributed by atoms with E-state index in [2.05, 4.69) is 17.2 Å². The van der Waals surface area contributed by atoms with Crippen molar-refractivity contribution in [1.82, 2.24) is 0 Å². The minimum absolute atomic E-state index is 0.0388. The fourth-order valence-corrected chi connectivity index (χ4v) is 2.04. The van der Waals surface area contributed by atoms with Gasteiger partial charge in [-0.3, -0.25) is 4.79 Å². The molecule has 24 heavy (non-hydrogen) atoms. The number of carbonyl (C=O) groups is 1. The third kappa shape index (κ3) is 5.59. The summed E-state index contributed by atoms with van der Waals surface area (Å²) in [5.41, 5.74) is 2.11. The maximum Gasteiger partial charge on any atom is 0.243 e. The molecule has 0 aliphatic rings. The molecular weight excluding hydrogens is 331 g/mol. The second kappa shape index (κ2) is 8.36. The normalized spacial score (nSPS) is 10.1. The molecule has 0 spiro atoms. The number of ether oxygens (including phenoxy) is 1. The highest BCUT2D eigenvalue weighted by atomic mass is 35.5. The van der Waals surface area contributed by atoms with E-state index in [1.54, 1.807) is 6.07 Å². The van der Waals surface area contributed by atoms with Crippen molar-refractivity contribution in [2.24, 2.45) is 0 Å². The first-order chi connectivity index (χ1) is 11.4. The van der Waals surface area contributed by atoms with Crippen molar-refractivity contribution in [1.29, 1.82) is 0 Å². The fourth-order valence-electron chi connectivity index (χ4n) is 1.86. The van der Waals surface area contributed by atoms with Crippen LogP contribution in [0.5, 0.6) is 5.75 Å². The summed E-state index contributed by atoms with van der Waals surface area (Å²) in [5.74, 6) is -0.112.